The smallest absolute Gasteiger partial charge is 0.129 e. The van der Waals surface area contributed by atoms with Crippen molar-refractivity contribution in [2.75, 3.05) is 18.1 Å². The maximum Gasteiger partial charge on any atom is 0.129 e. The Bertz CT molecular complexity index is 367. The van der Waals surface area contributed by atoms with Gasteiger partial charge in [0.25, 0.3) is 0 Å². The van der Waals surface area contributed by atoms with E-state index in [-0.39, 0.29) is 18.7 Å². The van der Waals surface area contributed by atoms with E-state index in [0.717, 1.165) is 24.3 Å². The minimum atomic E-state index is 0.0223. The number of nitrogens with two attached hydrogens (primary N) is 1. The molecule has 0 amide bonds. The Kier molecular flexibility index (Phi) is 3.97. The quantitative estimate of drug-likeness (QED) is 0.832. The number of anilines is 1. The molecule has 2 rings (SSSR count). The number of rotatable bonds is 3. The number of pyridine rings is 1. The molecule has 0 saturated carbocycles. The molecule has 1 saturated heterocycles. The van der Waals surface area contributed by atoms with Gasteiger partial charge >= 0.3 is 0 Å². The third-order valence-corrected chi connectivity index (χ3v) is 3.43. The number of hydrogen-bond donors (Lipinski definition) is 2. The highest BCUT2D eigenvalue weighted by Gasteiger charge is 2.22. The standard InChI is InChI=1S/C13H21N3O/c1-10(14)11-5-6-15-13(8-11)16-7-3-2-4-12(16)9-17/h5-6,8,10,12,17H,2-4,7,9,14H2,1H3. The summed E-state index contributed by atoms with van der Waals surface area (Å²) < 4.78 is 0. The SMILES string of the molecule is CC(N)c1ccnc(N2CCCCC2CO)c1. The fourth-order valence-electron chi connectivity index (χ4n) is 2.37. The molecular weight excluding hydrogens is 214 g/mol. The van der Waals surface area contributed by atoms with Gasteiger partial charge in [0.05, 0.1) is 12.6 Å². The maximum atomic E-state index is 9.41. The van der Waals surface area contributed by atoms with Crippen LogP contribution in [0.4, 0.5) is 5.82 Å². The second kappa shape index (κ2) is 5.47. The zero-order valence-electron chi connectivity index (χ0n) is 10.3. The summed E-state index contributed by atoms with van der Waals surface area (Å²) in [5, 5.41) is 9.41. The van der Waals surface area contributed by atoms with Crippen molar-refractivity contribution in [1.82, 2.24) is 4.98 Å². The van der Waals surface area contributed by atoms with Gasteiger partial charge in [-0.1, -0.05) is 0 Å². The van der Waals surface area contributed by atoms with Gasteiger partial charge in [-0.3, -0.25) is 0 Å². The zero-order valence-corrected chi connectivity index (χ0v) is 10.3. The van der Waals surface area contributed by atoms with Gasteiger partial charge in [-0.2, -0.15) is 0 Å². The van der Waals surface area contributed by atoms with E-state index < -0.39 is 0 Å². The Morgan fingerprint density at radius 1 is 1.59 bits per heavy atom. The van der Waals surface area contributed by atoms with Crippen molar-refractivity contribution in [2.24, 2.45) is 5.73 Å². The number of hydrogen-bond acceptors (Lipinski definition) is 4. The Labute approximate surface area is 102 Å². The first kappa shape index (κ1) is 12.3. The summed E-state index contributed by atoms with van der Waals surface area (Å²) in [5.74, 6) is 0.943. The largest absolute Gasteiger partial charge is 0.394 e. The Hall–Kier alpha value is -1.13. The predicted octanol–water partition coefficient (Wildman–Crippen LogP) is 1.45. The summed E-state index contributed by atoms with van der Waals surface area (Å²) in [5.41, 5.74) is 6.98. The van der Waals surface area contributed by atoms with E-state index in [0.29, 0.717) is 0 Å². The van der Waals surface area contributed by atoms with Gasteiger partial charge in [-0.05, 0) is 43.9 Å². The van der Waals surface area contributed by atoms with Crippen LogP contribution in [0.25, 0.3) is 0 Å². The number of aliphatic hydroxyl groups is 1. The molecule has 4 nitrogen and oxygen atoms in total. The number of aliphatic hydroxyl groups excluding tert-OH is 1. The first-order valence-electron chi connectivity index (χ1n) is 6.31. The lowest BCUT2D eigenvalue weighted by Gasteiger charge is -2.35. The van der Waals surface area contributed by atoms with Crippen molar-refractivity contribution in [1.29, 1.82) is 0 Å². The van der Waals surface area contributed by atoms with Crippen LogP contribution < -0.4 is 10.6 Å². The lowest BCUT2D eigenvalue weighted by Crippen LogP contribution is -2.42. The molecule has 2 unspecified atom stereocenters. The van der Waals surface area contributed by atoms with Crippen LogP contribution in [0.2, 0.25) is 0 Å². The lowest BCUT2D eigenvalue weighted by atomic mass is 10.0. The van der Waals surface area contributed by atoms with Crippen molar-refractivity contribution in [3.05, 3.63) is 23.9 Å². The summed E-state index contributed by atoms with van der Waals surface area (Å²) >= 11 is 0. The van der Waals surface area contributed by atoms with Crippen molar-refractivity contribution < 1.29 is 5.11 Å². The Morgan fingerprint density at radius 2 is 2.41 bits per heavy atom. The van der Waals surface area contributed by atoms with Gasteiger partial charge in [0.2, 0.25) is 0 Å². The molecular formula is C13H21N3O. The highest BCUT2D eigenvalue weighted by atomic mass is 16.3. The molecule has 0 bridgehead atoms. The van der Waals surface area contributed by atoms with Crippen LogP contribution in [-0.2, 0) is 0 Å². The Balaban J connectivity index is 2.22. The van der Waals surface area contributed by atoms with Crippen molar-refractivity contribution in [2.45, 2.75) is 38.3 Å². The van der Waals surface area contributed by atoms with Gasteiger partial charge < -0.3 is 15.7 Å². The average molecular weight is 235 g/mol. The molecule has 94 valence electrons. The fourth-order valence-corrected chi connectivity index (χ4v) is 2.37. The average Bonchev–Trinajstić information content (AvgIpc) is 2.39. The van der Waals surface area contributed by atoms with Crippen molar-refractivity contribution >= 4 is 5.82 Å². The highest BCUT2D eigenvalue weighted by molar-refractivity contribution is 5.43. The number of aromatic nitrogens is 1. The summed E-state index contributed by atoms with van der Waals surface area (Å²) in [4.78, 5) is 6.61. The summed E-state index contributed by atoms with van der Waals surface area (Å²) in [6, 6.07) is 4.22. The van der Waals surface area contributed by atoms with Crippen LogP contribution >= 0.6 is 0 Å². The topological polar surface area (TPSA) is 62.4 Å². The molecule has 2 atom stereocenters. The summed E-state index contributed by atoms with van der Waals surface area (Å²) in [6.45, 7) is 3.14. The van der Waals surface area contributed by atoms with Crippen molar-refractivity contribution in [3.63, 3.8) is 0 Å². The van der Waals surface area contributed by atoms with Crippen molar-refractivity contribution in [3.8, 4) is 0 Å². The molecule has 4 heteroatoms. The minimum Gasteiger partial charge on any atom is -0.394 e. The van der Waals surface area contributed by atoms with E-state index in [9.17, 15) is 5.11 Å². The minimum absolute atomic E-state index is 0.0223. The molecule has 0 spiro atoms. The van der Waals surface area contributed by atoms with Crippen LogP contribution in [0.3, 0.4) is 0 Å². The predicted molar refractivity (Wildman–Crippen MR) is 68.9 cm³/mol. The molecule has 3 N–H and O–H groups in total. The van der Waals surface area contributed by atoms with E-state index >= 15 is 0 Å². The third-order valence-electron chi connectivity index (χ3n) is 3.43. The molecule has 0 aliphatic carbocycles. The molecule has 1 aliphatic rings. The van der Waals surface area contributed by atoms with E-state index in [1.165, 1.54) is 12.8 Å². The molecule has 1 aromatic rings. The fraction of sp³-hybridized carbons (Fsp3) is 0.615. The third kappa shape index (κ3) is 2.76. The second-order valence-corrected chi connectivity index (χ2v) is 4.76. The first-order chi connectivity index (χ1) is 8.22. The van der Waals surface area contributed by atoms with Crippen LogP contribution in [0.15, 0.2) is 18.3 Å². The first-order valence-corrected chi connectivity index (χ1v) is 6.31. The second-order valence-electron chi connectivity index (χ2n) is 4.76. The van der Waals surface area contributed by atoms with Crippen LogP contribution in [0.5, 0.6) is 0 Å². The molecule has 2 heterocycles. The summed E-state index contributed by atoms with van der Waals surface area (Å²) in [7, 11) is 0. The normalized spacial score (nSPS) is 22.5. The van der Waals surface area contributed by atoms with E-state index in [4.69, 9.17) is 5.73 Å². The maximum absolute atomic E-state index is 9.41. The van der Waals surface area contributed by atoms with Gasteiger partial charge in [0, 0.05) is 18.8 Å². The molecule has 1 fully saturated rings. The monoisotopic (exact) mass is 235 g/mol. The van der Waals surface area contributed by atoms with E-state index in [2.05, 4.69) is 9.88 Å². The van der Waals surface area contributed by atoms with Gasteiger partial charge in [-0.25, -0.2) is 4.98 Å². The van der Waals surface area contributed by atoms with E-state index in [1.807, 2.05) is 19.1 Å². The number of nitrogens with zero attached hydrogens (tertiary/aromatic N) is 2. The lowest BCUT2D eigenvalue weighted by molar-refractivity contribution is 0.239. The van der Waals surface area contributed by atoms with Gasteiger partial charge in [0.1, 0.15) is 5.82 Å². The zero-order chi connectivity index (χ0) is 12.3. The van der Waals surface area contributed by atoms with Gasteiger partial charge in [-0.15, -0.1) is 0 Å². The van der Waals surface area contributed by atoms with Gasteiger partial charge in [0.15, 0.2) is 0 Å². The van der Waals surface area contributed by atoms with Crippen LogP contribution in [-0.4, -0.2) is 29.3 Å². The van der Waals surface area contributed by atoms with Crippen LogP contribution in [0.1, 0.15) is 37.8 Å². The molecule has 0 aromatic carbocycles. The molecule has 1 aromatic heterocycles. The highest BCUT2D eigenvalue weighted by Crippen LogP contribution is 2.24. The molecule has 17 heavy (non-hydrogen) atoms. The molecule has 0 radical (unpaired) electrons. The molecule has 1 aliphatic heterocycles. The Morgan fingerprint density at radius 3 is 3.12 bits per heavy atom. The summed E-state index contributed by atoms with van der Waals surface area (Å²) in [6.07, 6.45) is 5.20. The number of piperidine rings is 1. The van der Waals surface area contributed by atoms with E-state index in [1.54, 1.807) is 6.20 Å². The van der Waals surface area contributed by atoms with Crippen LogP contribution in [0, 0.1) is 0 Å².